The molecule has 0 radical (unpaired) electrons. The lowest BCUT2D eigenvalue weighted by Gasteiger charge is -2.41. The summed E-state index contributed by atoms with van der Waals surface area (Å²) in [5.74, 6) is 0.797. The number of likely N-dealkylation sites (tertiary alicyclic amines) is 1. The Morgan fingerprint density at radius 1 is 1.30 bits per heavy atom. The smallest absolute Gasteiger partial charge is 0.303 e. The molecule has 3 nitrogen and oxygen atoms in total. The Morgan fingerprint density at radius 2 is 1.95 bits per heavy atom. The van der Waals surface area contributed by atoms with E-state index < -0.39 is 5.97 Å². The zero-order valence-corrected chi connectivity index (χ0v) is 12.5. The largest absolute Gasteiger partial charge is 0.481 e. The minimum Gasteiger partial charge on any atom is -0.481 e. The molecule has 1 N–H and O–H groups in total. The van der Waals surface area contributed by atoms with Crippen molar-refractivity contribution in [2.75, 3.05) is 19.6 Å². The zero-order valence-electron chi connectivity index (χ0n) is 12.5. The first kappa shape index (κ1) is 15.0. The molecule has 20 heavy (non-hydrogen) atoms. The minimum atomic E-state index is -0.671. The number of nitrogens with zero attached hydrogens (tertiary/aromatic N) is 1. The lowest BCUT2D eigenvalue weighted by molar-refractivity contribution is -0.138. The molecule has 3 heteroatoms. The van der Waals surface area contributed by atoms with Gasteiger partial charge in [-0.1, -0.05) is 44.2 Å². The standard InChI is InChI=1S/C17H25NO2/c1-13(2)8-14(9-17(19)20)10-18-11-16(12-18)15-6-4-3-5-7-15/h3-7,13-14,16H,8-12H2,1-2H3,(H,19,20). The van der Waals surface area contributed by atoms with E-state index in [1.54, 1.807) is 0 Å². The van der Waals surface area contributed by atoms with E-state index in [-0.39, 0.29) is 5.92 Å². The van der Waals surface area contributed by atoms with E-state index in [2.05, 4.69) is 43.0 Å². The van der Waals surface area contributed by atoms with Gasteiger partial charge < -0.3 is 10.0 Å². The molecule has 2 rings (SSSR count). The molecule has 1 unspecified atom stereocenters. The number of aliphatic carboxylic acids is 1. The minimum absolute atomic E-state index is 0.282. The molecule has 1 aliphatic rings. The highest BCUT2D eigenvalue weighted by Crippen LogP contribution is 2.29. The van der Waals surface area contributed by atoms with Gasteiger partial charge >= 0.3 is 5.97 Å². The van der Waals surface area contributed by atoms with E-state index in [1.165, 1.54) is 5.56 Å². The van der Waals surface area contributed by atoms with Gasteiger partial charge in [-0.15, -0.1) is 0 Å². The maximum absolute atomic E-state index is 10.9. The van der Waals surface area contributed by atoms with Crippen molar-refractivity contribution in [2.45, 2.75) is 32.6 Å². The molecule has 1 saturated heterocycles. The highest BCUT2D eigenvalue weighted by atomic mass is 16.4. The molecular formula is C17H25NO2. The van der Waals surface area contributed by atoms with E-state index in [9.17, 15) is 4.79 Å². The Hall–Kier alpha value is -1.35. The van der Waals surface area contributed by atoms with Crippen molar-refractivity contribution in [3.8, 4) is 0 Å². The topological polar surface area (TPSA) is 40.5 Å². The number of carboxylic acid groups (broad SMARTS) is 1. The normalized spacial score (nSPS) is 17.9. The van der Waals surface area contributed by atoms with E-state index >= 15 is 0 Å². The molecule has 1 fully saturated rings. The second-order valence-electron chi connectivity index (χ2n) is 6.42. The summed E-state index contributed by atoms with van der Waals surface area (Å²) in [7, 11) is 0. The average molecular weight is 275 g/mol. The lowest BCUT2D eigenvalue weighted by Crippen LogP contribution is -2.47. The number of hydrogen-bond acceptors (Lipinski definition) is 2. The van der Waals surface area contributed by atoms with Gasteiger partial charge in [-0.25, -0.2) is 0 Å². The van der Waals surface area contributed by atoms with Crippen LogP contribution in [-0.2, 0) is 4.79 Å². The molecule has 1 aromatic carbocycles. The van der Waals surface area contributed by atoms with Gasteiger partial charge in [0.25, 0.3) is 0 Å². The Bertz CT molecular complexity index is 424. The molecule has 1 atom stereocenters. The number of hydrogen-bond donors (Lipinski definition) is 1. The Balaban J connectivity index is 1.80. The maximum Gasteiger partial charge on any atom is 0.303 e. The van der Waals surface area contributed by atoms with Crippen LogP contribution in [0.15, 0.2) is 30.3 Å². The van der Waals surface area contributed by atoms with Gasteiger partial charge in [-0.3, -0.25) is 4.79 Å². The van der Waals surface area contributed by atoms with E-state index in [4.69, 9.17) is 5.11 Å². The van der Waals surface area contributed by atoms with Crippen molar-refractivity contribution in [1.82, 2.24) is 4.90 Å². The summed E-state index contributed by atoms with van der Waals surface area (Å²) in [6, 6.07) is 10.6. The van der Waals surface area contributed by atoms with Crippen LogP contribution in [0.25, 0.3) is 0 Å². The zero-order chi connectivity index (χ0) is 14.5. The van der Waals surface area contributed by atoms with Gasteiger partial charge in [0.1, 0.15) is 0 Å². The molecule has 110 valence electrons. The molecular weight excluding hydrogens is 250 g/mol. The van der Waals surface area contributed by atoms with Gasteiger partial charge in [-0.2, -0.15) is 0 Å². The first-order chi connectivity index (χ1) is 9.54. The first-order valence-electron chi connectivity index (χ1n) is 7.53. The summed E-state index contributed by atoms with van der Waals surface area (Å²) >= 11 is 0. The van der Waals surface area contributed by atoms with Crippen molar-refractivity contribution in [3.05, 3.63) is 35.9 Å². The second-order valence-corrected chi connectivity index (χ2v) is 6.42. The SMILES string of the molecule is CC(C)CC(CC(=O)O)CN1CC(c2ccccc2)C1. The summed E-state index contributed by atoms with van der Waals surface area (Å²) in [5.41, 5.74) is 1.40. The van der Waals surface area contributed by atoms with Crippen LogP contribution < -0.4 is 0 Å². The molecule has 1 aromatic rings. The Kier molecular flexibility index (Phi) is 5.18. The predicted molar refractivity (Wildman–Crippen MR) is 80.8 cm³/mol. The van der Waals surface area contributed by atoms with Gasteiger partial charge in [0.05, 0.1) is 0 Å². The fourth-order valence-electron chi connectivity index (χ4n) is 3.16. The fourth-order valence-corrected chi connectivity index (χ4v) is 3.16. The predicted octanol–water partition coefficient (Wildman–Crippen LogP) is 3.22. The van der Waals surface area contributed by atoms with Crippen molar-refractivity contribution in [3.63, 3.8) is 0 Å². The number of carbonyl (C=O) groups is 1. The summed E-state index contributed by atoms with van der Waals surface area (Å²) in [5, 5.41) is 9.01. The van der Waals surface area contributed by atoms with Gasteiger partial charge in [0, 0.05) is 32.0 Å². The van der Waals surface area contributed by atoms with Gasteiger partial charge in [0.2, 0.25) is 0 Å². The fraction of sp³-hybridized carbons (Fsp3) is 0.588. The highest BCUT2D eigenvalue weighted by Gasteiger charge is 2.30. The summed E-state index contributed by atoms with van der Waals surface area (Å²) in [6.45, 7) is 7.39. The van der Waals surface area contributed by atoms with Crippen molar-refractivity contribution >= 4 is 5.97 Å². The third-order valence-electron chi connectivity index (χ3n) is 4.01. The summed E-state index contributed by atoms with van der Waals surface area (Å²) < 4.78 is 0. The van der Waals surface area contributed by atoms with Crippen LogP contribution in [0, 0.1) is 11.8 Å². The van der Waals surface area contributed by atoms with E-state index in [1.807, 2.05) is 6.07 Å². The molecule has 0 aromatic heterocycles. The first-order valence-corrected chi connectivity index (χ1v) is 7.53. The molecule has 0 amide bonds. The Morgan fingerprint density at radius 3 is 2.50 bits per heavy atom. The molecule has 0 spiro atoms. The van der Waals surface area contributed by atoms with Crippen LogP contribution in [-0.4, -0.2) is 35.6 Å². The summed E-state index contributed by atoms with van der Waals surface area (Å²) in [4.78, 5) is 13.3. The van der Waals surface area contributed by atoms with Crippen LogP contribution in [0.4, 0.5) is 0 Å². The average Bonchev–Trinajstić information content (AvgIpc) is 2.32. The van der Waals surface area contributed by atoms with Crippen LogP contribution in [0.2, 0.25) is 0 Å². The highest BCUT2D eigenvalue weighted by molar-refractivity contribution is 5.67. The molecule has 1 aliphatic heterocycles. The maximum atomic E-state index is 10.9. The number of benzene rings is 1. The molecule has 0 saturated carbocycles. The monoisotopic (exact) mass is 275 g/mol. The third kappa shape index (κ3) is 4.34. The van der Waals surface area contributed by atoms with Gasteiger partial charge in [-0.05, 0) is 23.8 Å². The molecule has 0 aliphatic carbocycles. The van der Waals surface area contributed by atoms with Crippen LogP contribution in [0.5, 0.6) is 0 Å². The lowest BCUT2D eigenvalue weighted by atomic mass is 9.88. The van der Waals surface area contributed by atoms with Gasteiger partial charge in [0.15, 0.2) is 0 Å². The number of carboxylic acids is 1. The third-order valence-corrected chi connectivity index (χ3v) is 4.01. The van der Waals surface area contributed by atoms with Crippen LogP contribution >= 0.6 is 0 Å². The van der Waals surface area contributed by atoms with Crippen LogP contribution in [0.3, 0.4) is 0 Å². The Labute approximate surface area is 121 Å². The quantitative estimate of drug-likeness (QED) is 0.830. The van der Waals surface area contributed by atoms with Crippen molar-refractivity contribution in [1.29, 1.82) is 0 Å². The van der Waals surface area contributed by atoms with Crippen molar-refractivity contribution < 1.29 is 9.90 Å². The van der Waals surface area contributed by atoms with E-state index in [0.29, 0.717) is 18.3 Å². The van der Waals surface area contributed by atoms with Crippen LogP contribution in [0.1, 0.15) is 38.2 Å². The van der Waals surface area contributed by atoms with E-state index in [0.717, 1.165) is 26.1 Å². The number of rotatable bonds is 7. The van der Waals surface area contributed by atoms with Crippen molar-refractivity contribution in [2.24, 2.45) is 11.8 Å². The second kappa shape index (κ2) is 6.89. The molecule has 1 heterocycles. The summed E-state index contributed by atoms with van der Waals surface area (Å²) in [6.07, 6.45) is 1.30. The molecule has 0 bridgehead atoms.